The number of ether oxygens (including phenoxy) is 3. The second-order valence-corrected chi connectivity index (χ2v) is 11.2. The Kier molecular flexibility index (Phi) is 13.7. The quantitative estimate of drug-likeness (QED) is 0.0817. The minimum Gasteiger partial charge on any atom is -0.492 e. The van der Waals surface area contributed by atoms with E-state index in [1.54, 1.807) is 36.5 Å². The zero-order valence-electron chi connectivity index (χ0n) is 27.3. The number of hydrogen-bond acceptors (Lipinski definition) is 11. The largest absolute Gasteiger partial charge is 0.492 e. The van der Waals surface area contributed by atoms with Crippen LogP contribution < -0.4 is 20.1 Å². The summed E-state index contributed by atoms with van der Waals surface area (Å²) in [6, 6.07) is 16.9. The van der Waals surface area contributed by atoms with E-state index in [-0.39, 0.29) is 25.0 Å². The van der Waals surface area contributed by atoms with Crippen LogP contribution in [0.25, 0.3) is 10.9 Å². The number of nitrogens with one attached hydrogen (secondary N) is 2. The summed E-state index contributed by atoms with van der Waals surface area (Å²) in [5.74, 6) is -0.407. The Labute approximate surface area is 293 Å². The van der Waals surface area contributed by atoms with Crippen LogP contribution in [0.5, 0.6) is 11.5 Å². The number of nitriles is 1. The molecule has 2 aromatic heterocycles. The van der Waals surface area contributed by atoms with E-state index >= 15 is 0 Å². The fraction of sp³-hybridized carbons (Fsp3) is 0.222. The van der Waals surface area contributed by atoms with Crippen LogP contribution in [0.4, 0.5) is 17.1 Å². The first-order valence-electron chi connectivity index (χ1n) is 15.5. The van der Waals surface area contributed by atoms with E-state index < -0.39 is 5.97 Å². The van der Waals surface area contributed by atoms with Crippen LogP contribution >= 0.6 is 11.6 Å². The number of anilines is 3. The molecule has 5 rings (SSSR count). The molecule has 13 nitrogen and oxygen atoms in total. The maximum Gasteiger partial charge on any atom is 0.331 e. The highest BCUT2D eigenvalue weighted by atomic mass is 35.5. The van der Waals surface area contributed by atoms with Crippen molar-refractivity contribution in [2.24, 2.45) is 0 Å². The van der Waals surface area contributed by atoms with Gasteiger partial charge in [0.25, 0.3) is 6.47 Å². The second kappa shape index (κ2) is 18.5. The van der Waals surface area contributed by atoms with Crippen LogP contribution in [0.3, 0.4) is 0 Å². The minimum atomic E-state index is -1.15. The summed E-state index contributed by atoms with van der Waals surface area (Å²) in [5.41, 5.74) is 3.38. The molecule has 0 unspecified atom stereocenters. The highest BCUT2D eigenvalue weighted by Crippen LogP contribution is 2.37. The van der Waals surface area contributed by atoms with Gasteiger partial charge in [-0.2, -0.15) is 5.26 Å². The number of halogens is 1. The SMILES string of the molecule is CCOc1cc2ncc(C#N)c(Nc3ccc(OCc4ccccn4)c(Cl)c3)c2cc1NC(=O)/C=C/[C@H]1CCCN1C.O=CO/C=C\C(=O)O. The van der Waals surface area contributed by atoms with Crippen molar-refractivity contribution in [3.8, 4) is 17.6 Å². The fourth-order valence-electron chi connectivity index (χ4n) is 4.97. The van der Waals surface area contributed by atoms with E-state index in [1.165, 1.54) is 6.20 Å². The van der Waals surface area contributed by atoms with Gasteiger partial charge in [0.05, 0.1) is 45.9 Å². The minimum absolute atomic E-state index is 0.138. The van der Waals surface area contributed by atoms with E-state index in [0.29, 0.717) is 62.7 Å². The molecule has 3 heterocycles. The Morgan fingerprint density at radius 1 is 1.14 bits per heavy atom. The predicted molar refractivity (Wildman–Crippen MR) is 188 cm³/mol. The van der Waals surface area contributed by atoms with Gasteiger partial charge in [-0.3, -0.25) is 24.5 Å². The van der Waals surface area contributed by atoms with Crippen LogP contribution in [0, 0.1) is 11.3 Å². The van der Waals surface area contributed by atoms with E-state index in [9.17, 15) is 19.6 Å². The zero-order chi connectivity index (χ0) is 35.9. The van der Waals surface area contributed by atoms with Gasteiger partial charge in [0.2, 0.25) is 5.91 Å². The molecule has 2 aromatic carbocycles. The van der Waals surface area contributed by atoms with Crippen molar-refractivity contribution < 1.29 is 33.7 Å². The molecule has 258 valence electrons. The molecule has 1 atom stereocenters. The Morgan fingerprint density at radius 2 is 1.98 bits per heavy atom. The first-order valence-corrected chi connectivity index (χ1v) is 15.9. The fourth-order valence-corrected chi connectivity index (χ4v) is 5.20. The Bertz CT molecular complexity index is 1910. The molecule has 50 heavy (non-hydrogen) atoms. The molecule has 0 aliphatic carbocycles. The van der Waals surface area contributed by atoms with E-state index in [2.05, 4.69) is 43.4 Å². The summed E-state index contributed by atoms with van der Waals surface area (Å²) in [7, 11) is 2.06. The number of pyridine rings is 2. The monoisotopic (exact) mass is 698 g/mol. The molecule has 1 amide bonds. The van der Waals surface area contributed by atoms with Gasteiger partial charge >= 0.3 is 5.97 Å². The lowest BCUT2D eigenvalue weighted by molar-refractivity contribution is -0.131. The average molecular weight is 699 g/mol. The number of aromatic nitrogens is 2. The summed E-state index contributed by atoms with van der Waals surface area (Å²) in [4.78, 5) is 42.8. The topological polar surface area (TPSA) is 176 Å². The molecule has 14 heteroatoms. The molecule has 3 N–H and O–H groups in total. The average Bonchev–Trinajstić information content (AvgIpc) is 3.52. The summed E-state index contributed by atoms with van der Waals surface area (Å²) in [6.45, 7) is 3.72. The number of carboxylic acid groups (broad SMARTS) is 1. The lowest BCUT2D eigenvalue weighted by Crippen LogP contribution is -2.23. The van der Waals surface area contributed by atoms with Crippen LogP contribution in [0.1, 0.15) is 31.0 Å². The van der Waals surface area contributed by atoms with Gasteiger partial charge in [0.1, 0.15) is 30.4 Å². The third-order valence-electron chi connectivity index (χ3n) is 7.34. The highest BCUT2D eigenvalue weighted by Gasteiger charge is 2.19. The zero-order valence-corrected chi connectivity index (χ0v) is 28.1. The molecule has 0 spiro atoms. The standard InChI is InChI=1S/C32H31ClN6O3.C4H4O4/c1-3-41-30-17-27-25(16-28(30)38-31(40)12-10-24-8-6-14-39(24)2)32(21(18-34)19-36-27)37-22-9-11-29(26(33)15-22)42-20-23-7-4-5-13-35-23;5-3-8-2-1-4(6)7/h4-5,7,9-13,15-17,19,24H,3,6,8,14,20H2,1-2H3,(H,36,37)(H,38,40);1-3H,(H,6,7)/b12-10+;2-1-/t24-;/m1./s1. The van der Waals surface area contributed by atoms with Gasteiger partial charge in [-0.15, -0.1) is 0 Å². The van der Waals surface area contributed by atoms with Crippen molar-refractivity contribution in [1.82, 2.24) is 14.9 Å². The number of hydrogen-bond donors (Lipinski definition) is 3. The van der Waals surface area contributed by atoms with Gasteiger partial charge in [0, 0.05) is 41.7 Å². The maximum absolute atomic E-state index is 12.9. The van der Waals surface area contributed by atoms with Crippen molar-refractivity contribution in [3.63, 3.8) is 0 Å². The van der Waals surface area contributed by atoms with E-state index in [0.717, 1.165) is 31.3 Å². The third-order valence-corrected chi connectivity index (χ3v) is 7.64. The summed E-state index contributed by atoms with van der Waals surface area (Å²) < 4.78 is 15.6. The van der Waals surface area contributed by atoms with Crippen molar-refractivity contribution in [3.05, 3.63) is 102 Å². The van der Waals surface area contributed by atoms with E-state index in [4.69, 9.17) is 26.2 Å². The lowest BCUT2D eigenvalue weighted by atomic mass is 10.1. The number of aliphatic carboxylic acids is 1. The number of carbonyl (C=O) groups excluding carboxylic acids is 2. The molecule has 1 aliphatic rings. The highest BCUT2D eigenvalue weighted by molar-refractivity contribution is 6.32. The van der Waals surface area contributed by atoms with Gasteiger partial charge in [-0.25, -0.2) is 4.79 Å². The molecular formula is C36H35ClN6O7. The van der Waals surface area contributed by atoms with Gasteiger partial charge in [-0.1, -0.05) is 23.7 Å². The molecule has 1 aliphatic heterocycles. The van der Waals surface area contributed by atoms with Crippen LogP contribution in [-0.4, -0.2) is 64.6 Å². The van der Waals surface area contributed by atoms with Crippen molar-refractivity contribution in [2.45, 2.75) is 32.4 Å². The number of benzene rings is 2. The number of fused-ring (bicyclic) bond motifs is 1. The number of rotatable bonds is 13. The third kappa shape index (κ3) is 10.5. The number of likely N-dealkylation sites (tertiary alicyclic amines) is 1. The van der Waals surface area contributed by atoms with Crippen LogP contribution in [0.15, 0.2) is 85.4 Å². The van der Waals surface area contributed by atoms with Crippen molar-refractivity contribution >= 4 is 57.9 Å². The molecular weight excluding hydrogens is 664 g/mol. The number of nitrogens with zero attached hydrogens (tertiary/aromatic N) is 4. The maximum atomic E-state index is 12.9. The predicted octanol–water partition coefficient (Wildman–Crippen LogP) is 6.22. The van der Waals surface area contributed by atoms with Gasteiger partial charge < -0.3 is 30.0 Å². The molecule has 0 bridgehead atoms. The lowest BCUT2D eigenvalue weighted by Gasteiger charge is -2.17. The number of likely N-dealkylation sites (N-methyl/N-ethyl adjacent to an activating group) is 1. The van der Waals surface area contributed by atoms with E-state index in [1.807, 2.05) is 37.3 Å². The number of amides is 1. The van der Waals surface area contributed by atoms with Gasteiger partial charge in [0.15, 0.2) is 0 Å². The van der Waals surface area contributed by atoms with Crippen molar-refractivity contribution in [1.29, 1.82) is 5.26 Å². The number of carboxylic acids is 1. The Balaban J connectivity index is 0.000000627. The normalized spacial score (nSPS) is 14.1. The molecule has 4 aromatic rings. The molecule has 1 saturated heterocycles. The molecule has 0 radical (unpaired) electrons. The first kappa shape index (κ1) is 36.9. The Hall–Kier alpha value is -5.97. The number of carbonyl (C=O) groups is 3. The smallest absolute Gasteiger partial charge is 0.331 e. The summed E-state index contributed by atoms with van der Waals surface area (Å²) in [5, 5.41) is 25.1. The van der Waals surface area contributed by atoms with Crippen LogP contribution in [-0.2, 0) is 25.7 Å². The summed E-state index contributed by atoms with van der Waals surface area (Å²) >= 11 is 6.54. The first-order chi connectivity index (χ1) is 24.2. The summed E-state index contributed by atoms with van der Waals surface area (Å²) in [6.07, 6.45) is 10.4. The Morgan fingerprint density at radius 3 is 2.64 bits per heavy atom. The van der Waals surface area contributed by atoms with Crippen molar-refractivity contribution in [2.75, 3.05) is 30.8 Å². The van der Waals surface area contributed by atoms with Gasteiger partial charge in [-0.05, 0) is 69.8 Å². The second-order valence-electron chi connectivity index (χ2n) is 10.7. The molecule has 0 saturated carbocycles. The van der Waals surface area contributed by atoms with Crippen LogP contribution in [0.2, 0.25) is 5.02 Å². The molecule has 1 fully saturated rings.